The number of hydrogen-bond donors (Lipinski definition) is 2. The zero-order valence-electron chi connectivity index (χ0n) is 18.8. The minimum absolute atomic E-state index is 0.176. The summed E-state index contributed by atoms with van der Waals surface area (Å²) in [5.41, 5.74) is 4.72. The molecule has 1 aromatic heterocycles. The van der Waals surface area contributed by atoms with Crippen molar-refractivity contribution in [2.75, 3.05) is 5.32 Å². The van der Waals surface area contributed by atoms with Crippen molar-refractivity contribution in [3.63, 3.8) is 0 Å². The van der Waals surface area contributed by atoms with Crippen molar-refractivity contribution >= 4 is 56.4 Å². The number of hydrogen-bond acceptors (Lipinski definition) is 8. The normalized spacial score (nSPS) is 10.7. The maximum atomic E-state index is 12.5. The van der Waals surface area contributed by atoms with Crippen molar-refractivity contribution < 1.29 is 19.1 Å². The molecule has 36 heavy (non-hydrogen) atoms. The average molecular weight is 564 g/mol. The van der Waals surface area contributed by atoms with E-state index in [0.29, 0.717) is 20.6 Å². The molecule has 0 aliphatic heterocycles. The number of hydrazone groups is 1. The summed E-state index contributed by atoms with van der Waals surface area (Å²) >= 11 is 4.49. The minimum atomic E-state index is -1.00. The number of carbonyl (C=O) groups is 3. The number of aromatic nitrogens is 2. The highest BCUT2D eigenvalue weighted by atomic mass is 79.9. The molecule has 0 aliphatic carbocycles. The van der Waals surface area contributed by atoms with Crippen molar-refractivity contribution in [3.05, 3.63) is 94.0 Å². The van der Waals surface area contributed by atoms with Crippen LogP contribution in [0.25, 0.3) is 10.6 Å². The Hall–Kier alpha value is -4.22. The number of nitrogens with zero attached hydrogens (tertiary/aromatic N) is 3. The molecule has 0 bridgehead atoms. The van der Waals surface area contributed by atoms with Crippen LogP contribution in [-0.4, -0.2) is 34.2 Å². The number of ether oxygens (including phenoxy) is 1. The molecule has 4 rings (SSSR count). The fourth-order valence-corrected chi connectivity index (χ4v) is 4.10. The smallest absolute Gasteiger partial charge is 0.343 e. The van der Waals surface area contributed by atoms with E-state index in [0.717, 1.165) is 22.5 Å². The number of amides is 2. The largest absolute Gasteiger partial charge is 0.422 e. The van der Waals surface area contributed by atoms with Gasteiger partial charge in [0.25, 0.3) is 0 Å². The van der Waals surface area contributed by atoms with Crippen LogP contribution in [0, 0.1) is 6.92 Å². The fourth-order valence-electron chi connectivity index (χ4n) is 2.98. The summed E-state index contributed by atoms with van der Waals surface area (Å²) < 4.78 is 6.21. The van der Waals surface area contributed by atoms with Crippen LogP contribution in [0.3, 0.4) is 0 Å². The van der Waals surface area contributed by atoms with Crippen LogP contribution in [0.4, 0.5) is 5.13 Å². The Morgan fingerprint density at radius 3 is 2.56 bits per heavy atom. The molecule has 9 nitrogen and oxygen atoms in total. The lowest BCUT2D eigenvalue weighted by atomic mass is 10.1. The number of carbonyl (C=O) groups excluding carboxylic acids is 3. The van der Waals surface area contributed by atoms with Crippen molar-refractivity contribution in [3.8, 4) is 16.3 Å². The quantitative estimate of drug-likeness (QED) is 0.116. The van der Waals surface area contributed by atoms with E-state index in [1.165, 1.54) is 6.21 Å². The third-order valence-electron chi connectivity index (χ3n) is 4.67. The van der Waals surface area contributed by atoms with E-state index in [4.69, 9.17) is 4.74 Å². The van der Waals surface area contributed by atoms with Crippen molar-refractivity contribution in [1.82, 2.24) is 15.6 Å². The van der Waals surface area contributed by atoms with Crippen molar-refractivity contribution in [1.29, 1.82) is 0 Å². The number of rotatable bonds is 6. The summed E-state index contributed by atoms with van der Waals surface area (Å²) in [5, 5.41) is 14.9. The van der Waals surface area contributed by atoms with E-state index in [9.17, 15) is 14.4 Å². The predicted molar refractivity (Wildman–Crippen MR) is 140 cm³/mol. The minimum Gasteiger partial charge on any atom is -0.422 e. The highest BCUT2D eigenvalue weighted by Gasteiger charge is 2.17. The van der Waals surface area contributed by atoms with Gasteiger partial charge in [0.05, 0.1) is 11.8 Å². The Labute approximate surface area is 218 Å². The molecular formula is C25H18BrN5O4S. The third kappa shape index (κ3) is 6.46. The highest BCUT2D eigenvalue weighted by Crippen LogP contribution is 2.26. The summed E-state index contributed by atoms with van der Waals surface area (Å²) in [4.78, 5) is 36.9. The van der Waals surface area contributed by atoms with Gasteiger partial charge in [-0.2, -0.15) is 5.10 Å². The van der Waals surface area contributed by atoms with Gasteiger partial charge in [0, 0.05) is 15.6 Å². The first-order valence-electron chi connectivity index (χ1n) is 10.5. The van der Waals surface area contributed by atoms with Crippen LogP contribution in [0.15, 0.2) is 82.4 Å². The number of anilines is 1. The maximum Gasteiger partial charge on any atom is 0.343 e. The summed E-state index contributed by atoms with van der Waals surface area (Å²) in [6, 6.07) is 21.3. The Bertz CT molecular complexity index is 1460. The molecule has 0 saturated heterocycles. The van der Waals surface area contributed by atoms with Gasteiger partial charge in [0.1, 0.15) is 10.8 Å². The Morgan fingerprint density at radius 2 is 1.78 bits per heavy atom. The molecule has 0 aliphatic rings. The van der Waals surface area contributed by atoms with Crippen LogP contribution < -0.4 is 15.5 Å². The van der Waals surface area contributed by atoms with Crippen LogP contribution in [0.2, 0.25) is 0 Å². The molecule has 0 unspecified atom stereocenters. The first kappa shape index (κ1) is 24.9. The van der Waals surface area contributed by atoms with Gasteiger partial charge in [-0.25, -0.2) is 10.2 Å². The van der Waals surface area contributed by atoms with E-state index in [2.05, 4.69) is 42.0 Å². The Balaban J connectivity index is 1.38. The van der Waals surface area contributed by atoms with Crippen LogP contribution in [0.1, 0.15) is 21.5 Å². The monoisotopic (exact) mass is 563 g/mol. The number of nitrogens with one attached hydrogen (secondary N) is 2. The van der Waals surface area contributed by atoms with E-state index in [1.54, 1.807) is 36.4 Å². The lowest BCUT2D eigenvalue weighted by Gasteiger charge is -2.08. The molecule has 0 spiro atoms. The second-order valence-corrected chi connectivity index (χ2v) is 9.27. The van der Waals surface area contributed by atoms with E-state index >= 15 is 0 Å². The van der Waals surface area contributed by atoms with E-state index in [1.807, 2.05) is 43.3 Å². The molecule has 4 aromatic rings. The molecule has 11 heteroatoms. The summed E-state index contributed by atoms with van der Waals surface area (Å²) in [6.45, 7) is 1.88. The van der Waals surface area contributed by atoms with E-state index in [-0.39, 0.29) is 10.9 Å². The number of benzene rings is 3. The van der Waals surface area contributed by atoms with Crippen molar-refractivity contribution in [2.45, 2.75) is 6.92 Å². The summed E-state index contributed by atoms with van der Waals surface area (Å²) in [6.07, 6.45) is 1.27. The number of halogens is 1. The molecule has 180 valence electrons. The molecule has 0 radical (unpaired) electrons. The van der Waals surface area contributed by atoms with Gasteiger partial charge >= 0.3 is 17.8 Å². The summed E-state index contributed by atoms with van der Waals surface area (Å²) in [5.74, 6) is -2.26. The standard InChI is InChI=1S/C25H18BrN5O4S/c1-15-6-5-9-17(12-15)24(34)35-20-11-10-19(26)13-18(20)14-27-29-22(33)21(32)28-25-31-30-23(36-25)16-7-3-2-4-8-16/h2-14H,1H3,(H,29,33)(H,28,31,32)/b27-14+. The zero-order valence-corrected chi connectivity index (χ0v) is 21.2. The van der Waals surface area contributed by atoms with Crippen LogP contribution in [0.5, 0.6) is 5.75 Å². The number of esters is 1. The van der Waals surface area contributed by atoms with Crippen molar-refractivity contribution in [2.24, 2.45) is 5.10 Å². The molecule has 1 heterocycles. The Kier molecular flexibility index (Phi) is 7.93. The molecular weight excluding hydrogens is 546 g/mol. The second kappa shape index (κ2) is 11.5. The van der Waals surface area contributed by atoms with Crippen LogP contribution in [-0.2, 0) is 9.59 Å². The second-order valence-electron chi connectivity index (χ2n) is 7.37. The lowest BCUT2D eigenvalue weighted by Crippen LogP contribution is -2.32. The maximum absolute atomic E-state index is 12.5. The highest BCUT2D eigenvalue weighted by molar-refractivity contribution is 9.10. The molecule has 0 atom stereocenters. The third-order valence-corrected chi connectivity index (χ3v) is 6.05. The first-order valence-corrected chi connectivity index (χ1v) is 12.1. The molecule has 2 amide bonds. The van der Waals surface area contributed by atoms with Gasteiger partial charge in [-0.15, -0.1) is 10.2 Å². The fraction of sp³-hybridized carbons (Fsp3) is 0.0400. The topological polar surface area (TPSA) is 123 Å². The molecule has 3 aromatic carbocycles. The van der Waals surface area contributed by atoms with Gasteiger partial charge in [-0.3, -0.25) is 14.9 Å². The van der Waals surface area contributed by atoms with Gasteiger partial charge in [-0.1, -0.05) is 75.3 Å². The zero-order chi connectivity index (χ0) is 25.5. The SMILES string of the molecule is Cc1cccc(C(=O)Oc2ccc(Br)cc2/C=N/NC(=O)C(=O)Nc2nnc(-c3ccccc3)s2)c1. The molecule has 0 saturated carbocycles. The van der Waals surface area contributed by atoms with Gasteiger partial charge in [0.15, 0.2) is 0 Å². The van der Waals surface area contributed by atoms with E-state index < -0.39 is 17.8 Å². The molecule has 0 fully saturated rings. The lowest BCUT2D eigenvalue weighted by molar-refractivity contribution is -0.136. The van der Waals surface area contributed by atoms with Gasteiger partial charge in [0.2, 0.25) is 5.13 Å². The van der Waals surface area contributed by atoms with Gasteiger partial charge in [-0.05, 0) is 37.3 Å². The van der Waals surface area contributed by atoms with Crippen LogP contribution >= 0.6 is 27.3 Å². The first-order chi connectivity index (χ1) is 17.4. The Morgan fingerprint density at radius 1 is 0.972 bits per heavy atom. The summed E-state index contributed by atoms with van der Waals surface area (Å²) in [7, 11) is 0. The molecule has 2 N–H and O–H groups in total. The number of aryl methyl sites for hydroxylation is 1. The predicted octanol–water partition coefficient (Wildman–Crippen LogP) is 4.58. The van der Waals surface area contributed by atoms with Gasteiger partial charge < -0.3 is 4.74 Å². The average Bonchev–Trinajstić information content (AvgIpc) is 3.34.